The van der Waals surface area contributed by atoms with Crippen molar-refractivity contribution in [2.24, 2.45) is 11.0 Å². The number of aromatic nitrogens is 6. The number of aryl methyl sites for hydroxylation is 3. The zero-order valence-corrected chi connectivity index (χ0v) is 48.6. The molecule has 2 aromatic carbocycles. The van der Waals surface area contributed by atoms with E-state index in [0.29, 0.717) is 36.1 Å². The summed E-state index contributed by atoms with van der Waals surface area (Å²) in [5, 5.41) is 14.8. The standard InChI is InChI=1S/C21H25F3N2O7S.C20H26N2O5.C14H21N5O3/c1-4-20(5-2)16(31-12-14-9-7-6-8-10-14)15(33-34(29,30)21(22,23)24)18(32-20)26-11-13(3)17(27)25-19(26)28;1-4-20(5-2)16(26-12-14-9-7-6-8-10-14)15(23)18(27-20)22-11-13(3)17(24)21-19(22)25;1-5-14(6-2)9(4)10(17-18-15)12(22-14)19-7-8(3)11(20)16-13(19)21/h6-11,15-16,18H,4-5,12H2,1-3H3,(H,25,27,28);6-11,15-16,18,23H,4-5,12H2,1-3H3,(H,21,24,25);7,9-10,12H,5-6H2,1-4H3,(H,16,20,21)/t2*15-,16?,18-;9?,10-,12+/m110/s1. The van der Waals surface area contributed by atoms with Crippen molar-refractivity contribution in [2.75, 3.05) is 0 Å². The van der Waals surface area contributed by atoms with Crippen LogP contribution < -0.4 is 33.7 Å². The second-order valence-corrected chi connectivity index (χ2v) is 22.2. The molecule has 6 heterocycles. The number of ether oxygens (including phenoxy) is 5. The van der Waals surface area contributed by atoms with Crippen LogP contribution in [0.4, 0.5) is 13.2 Å². The molecular weight excluding hydrogens is 1120 g/mol. The molecule has 3 unspecified atom stereocenters. The number of aromatic amines is 3. The van der Waals surface area contributed by atoms with Crippen LogP contribution in [0.15, 0.2) is 113 Å². The number of hydrogen-bond donors (Lipinski definition) is 4. The van der Waals surface area contributed by atoms with Gasteiger partial charge in [0, 0.05) is 40.2 Å². The van der Waals surface area contributed by atoms with Gasteiger partial charge in [0.05, 0.1) is 36.1 Å². The second-order valence-electron chi connectivity index (χ2n) is 20.6. The summed E-state index contributed by atoms with van der Waals surface area (Å²) in [7, 11) is -6.08. The monoisotopic (exact) mass is 1190 g/mol. The Morgan fingerprint density at radius 3 is 1.37 bits per heavy atom. The van der Waals surface area contributed by atoms with Gasteiger partial charge in [0.15, 0.2) is 18.6 Å². The Labute approximate surface area is 475 Å². The number of azide groups is 1. The van der Waals surface area contributed by atoms with Crippen LogP contribution in [0, 0.1) is 26.7 Å². The van der Waals surface area contributed by atoms with Crippen LogP contribution in [0.2, 0.25) is 0 Å². The molecule has 5 aromatic rings. The molecule has 0 radical (unpaired) electrons. The van der Waals surface area contributed by atoms with Gasteiger partial charge in [-0.3, -0.25) is 47.2 Å². The van der Waals surface area contributed by atoms with Crippen LogP contribution in [-0.4, -0.2) is 94.9 Å². The highest BCUT2D eigenvalue weighted by atomic mass is 32.2. The molecule has 9 atom stereocenters. The molecular formula is C55H72F3N9O15S. The van der Waals surface area contributed by atoms with Crippen molar-refractivity contribution in [2.45, 2.75) is 192 Å². The van der Waals surface area contributed by atoms with E-state index in [4.69, 9.17) is 29.2 Å². The van der Waals surface area contributed by atoms with Crippen LogP contribution in [0.3, 0.4) is 0 Å². The summed E-state index contributed by atoms with van der Waals surface area (Å²) in [4.78, 5) is 81.4. The average Bonchev–Trinajstić information content (AvgIpc) is 2.72. The van der Waals surface area contributed by atoms with Gasteiger partial charge in [-0.1, -0.05) is 114 Å². The molecule has 454 valence electrons. The van der Waals surface area contributed by atoms with Gasteiger partial charge in [0.2, 0.25) is 0 Å². The van der Waals surface area contributed by atoms with E-state index in [0.717, 1.165) is 29.2 Å². The summed E-state index contributed by atoms with van der Waals surface area (Å²) >= 11 is 0. The number of aliphatic hydroxyl groups is 1. The highest BCUT2D eigenvalue weighted by Crippen LogP contribution is 2.48. The van der Waals surface area contributed by atoms with Crippen molar-refractivity contribution < 1.29 is 54.6 Å². The smallest absolute Gasteiger partial charge is 0.386 e. The first-order chi connectivity index (χ1) is 39.2. The number of nitrogens with one attached hydrogen (secondary N) is 3. The normalized spacial score (nSPS) is 24.2. The predicted molar refractivity (Wildman–Crippen MR) is 296 cm³/mol. The maximum Gasteiger partial charge on any atom is 0.523 e. The van der Waals surface area contributed by atoms with Gasteiger partial charge in [-0.2, -0.15) is 21.6 Å². The van der Waals surface area contributed by atoms with Crippen molar-refractivity contribution in [3.8, 4) is 0 Å². The van der Waals surface area contributed by atoms with Gasteiger partial charge >= 0.3 is 32.7 Å². The number of rotatable bonds is 18. The fourth-order valence-corrected chi connectivity index (χ4v) is 11.4. The number of H-pyrrole nitrogens is 3. The van der Waals surface area contributed by atoms with Crippen molar-refractivity contribution in [3.05, 3.63) is 180 Å². The molecule has 0 saturated carbocycles. The summed E-state index contributed by atoms with van der Waals surface area (Å²) in [6.07, 6.45) is -0.973. The third-order valence-corrected chi connectivity index (χ3v) is 17.1. The van der Waals surface area contributed by atoms with E-state index in [1.807, 2.05) is 69.9 Å². The Morgan fingerprint density at radius 1 is 0.614 bits per heavy atom. The molecule has 3 aromatic heterocycles. The van der Waals surface area contributed by atoms with Crippen LogP contribution in [0.25, 0.3) is 10.4 Å². The third-order valence-electron chi connectivity index (χ3n) is 16.0. The van der Waals surface area contributed by atoms with Gasteiger partial charge in [-0.25, -0.2) is 14.4 Å². The quantitative estimate of drug-likeness (QED) is 0.0228. The van der Waals surface area contributed by atoms with Crippen LogP contribution in [0.5, 0.6) is 0 Å². The number of aliphatic hydroxyl groups excluding tert-OH is 1. The van der Waals surface area contributed by atoms with Crippen molar-refractivity contribution >= 4 is 10.1 Å². The van der Waals surface area contributed by atoms with Gasteiger partial charge in [-0.15, -0.1) is 0 Å². The predicted octanol–water partition coefficient (Wildman–Crippen LogP) is 6.88. The van der Waals surface area contributed by atoms with Crippen molar-refractivity contribution in [1.82, 2.24) is 28.7 Å². The molecule has 3 fully saturated rings. The Kier molecular flexibility index (Phi) is 21.2. The van der Waals surface area contributed by atoms with E-state index < -0.39 is 115 Å². The highest BCUT2D eigenvalue weighted by Gasteiger charge is 2.61. The van der Waals surface area contributed by atoms with Crippen molar-refractivity contribution in [3.63, 3.8) is 0 Å². The van der Waals surface area contributed by atoms with Gasteiger partial charge < -0.3 is 28.8 Å². The number of hydrogen-bond acceptors (Lipinski definition) is 16. The molecule has 0 amide bonds. The second kappa shape index (κ2) is 26.9. The highest BCUT2D eigenvalue weighted by molar-refractivity contribution is 7.87. The van der Waals surface area contributed by atoms with E-state index in [1.54, 1.807) is 58.0 Å². The first-order valence-corrected chi connectivity index (χ1v) is 28.6. The first kappa shape index (κ1) is 65.4. The Bertz CT molecular complexity index is 3550. The summed E-state index contributed by atoms with van der Waals surface area (Å²) in [6, 6.07) is 17.9. The molecule has 0 bridgehead atoms. The summed E-state index contributed by atoms with van der Waals surface area (Å²) in [6.45, 7) is 18.2. The summed E-state index contributed by atoms with van der Waals surface area (Å²) < 4.78 is 102. The number of nitrogens with zero attached hydrogens (tertiary/aromatic N) is 6. The Balaban J connectivity index is 0.000000205. The van der Waals surface area contributed by atoms with E-state index >= 15 is 0 Å². The molecule has 28 heteroatoms. The van der Waals surface area contributed by atoms with E-state index in [-0.39, 0.29) is 30.9 Å². The zero-order chi connectivity index (χ0) is 61.4. The topological polar surface area (TPSA) is 323 Å². The molecule has 3 saturated heterocycles. The lowest BCUT2D eigenvalue weighted by Crippen LogP contribution is -2.47. The lowest BCUT2D eigenvalue weighted by molar-refractivity contribution is -0.125. The molecule has 0 aliphatic carbocycles. The zero-order valence-electron chi connectivity index (χ0n) is 47.7. The van der Waals surface area contributed by atoms with E-state index in [1.165, 1.54) is 28.5 Å². The minimum Gasteiger partial charge on any atom is -0.386 e. The molecule has 24 nitrogen and oxygen atoms in total. The molecule has 4 N–H and O–H groups in total. The fourth-order valence-electron chi connectivity index (χ4n) is 10.9. The Hall–Kier alpha value is -6.75. The Morgan fingerprint density at radius 2 is 0.976 bits per heavy atom. The third kappa shape index (κ3) is 13.8. The minimum atomic E-state index is -6.08. The van der Waals surface area contributed by atoms with Gasteiger partial charge in [-0.05, 0) is 81.9 Å². The van der Waals surface area contributed by atoms with Gasteiger partial charge in [0.25, 0.3) is 16.7 Å². The van der Waals surface area contributed by atoms with Gasteiger partial charge in [0.1, 0.15) is 24.5 Å². The van der Waals surface area contributed by atoms with Crippen LogP contribution >= 0.6 is 0 Å². The van der Waals surface area contributed by atoms with E-state index in [2.05, 4.69) is 24.2 Å². The largest absolute Gasteiger partial charge is 0.523 e. The minimum absolute atomic E-state index is 0.0393. The van der Waals surface area contributed by atoms with E-state index in [9.17, 15) is 55.5 Å². The lowest BCUT2D eigenvalue weighted by Gasteiger charge is -2.33. The maximum atomic E-state index is 13.2. The first-order valence-electron chi connectivity index (χ1n) is 27.2. The molecule has 0 spiro atoms. The molecule has 83 heavy (non-hydrogen) atoms. The summed E-state index contributed by atoms with van der Waals surface area (Å²) in [5.74, 6) is -0.0393. The number of benzene rings is 2. The van der Waals surface area contributed by atoms with Crippen molar-refractivity contribution in [1.29, 1.82) is 0 Å². The molecule has 3 aliphatic rings. The maximum absolute atomic E-state index is 13.2. The lowest BCUT2D eigenvalue weighted by atomic mass is 9.82. The molecule has 3 aliphatic heterocycles. The number of alkyl halides is 3. The fraction of sp³-hybridized carbons (Fsp3) is 0.564. The van der Waals surface area contributed by atoms with Crippen LogP contribution in [-0.2, 0) is 51.2 Å². The number of halogens is 3. The molecule has 8 rings (SSSR count). The summed E-state index contributed by atoms with van der Waals surface area (Å²) in [5.41, 5.74) is -0.544. The van der Waals surface area contributed by atoms with Crippen LogP contribution in [0.1, 0.15) is 133 Å². The average molecular weight is 1190 g/mol. The SMILES string of the molecule is CCC1(CC)O[C@@H](n2cc(C)c(=O)[nH]c2=O)[C@@H](N=[N+]=[N-])C1C.CCC1(CC)O[C@@H](n2cc(C)c(=O)[nH]c2=O)[C@H](O)C1OCc1ccccc1.CCC1(CC)O[C@@H](n2cc(C)c(=O)[nH]c2=O)[C@H](OS(=O)(=O)C(F)(F)F)C1OCc1ccccc1.